The molecule has 36 heavy (non-hydrogen) atoms. The summed E-state index contributed by atoms with van der Waals surface area (Å²) in [4.78, 5) is 11.4. The zero-order chi connectivity index (χ0) is 26.3. The molecule has 0 amide bonds. The van der Waals surface area contributed by atoms with E-state index in [1.165, 1.54) is 6.20 Å². The van der Waals surface area contributed by atoms with E-state index in [0.717, 1.165) is 48.0 Å². The van der Waals surface area contributed by atoms with Crippen LogP contribution in [0.4, 0.5) is 0 Å². The van der Waals surface area contributed by atoms with Gasteiger partial charge in [0, 0.05) is 23.6 Å². The van der Waals surface area contributed by atoms with Gasteiger partial charge in [0.05, 0.1) is 30.8 Å². The van der Waals surface area contributed by atoms with Gasteiger partial charge in [-0.1, -0.05) is 13.8 Å². The van der Waals surface area contributed by atoms with Crippen molar-refractivity contribution in [1.29, 1.82) is 0 Å². The molecule has 1 aromatic carbocycles. The van der Waals surface area contributed by atoms with E-state index in [1.807, 2.05) is 31.2 Å². The highest BCUT2D eigenvalue weighted by Gasteiger charge is 2.15. The smallest absolute Gasteiger partial charge is 0.237 e. The molecular weight excluding hydrogens is 482 g/mol. The zero-order valence-corrected chi connectivity index (χ0v) is 22.0. The molecule has 3 rings (SSSR count). The molecule has 0 aliphatic rings. The second kappa shape index (κ2) is 12.0. The summed E-state index contributed by atoms with van der Waals surface area (Å²) in [5, 5.41) is 9.29. The summed E-state index contributed by atoms with van der Waals surface area (Å²) < 4.78 is 41.1. The van der Waals surface area contributed by atoms with Crippen molar-refractivity contribution in [3.63, 3.8) is 0 Å². The molecular formula is C26H33N3O6S. The molecule has 0 fully saturated rings. The molecule has 10 heteroatoms. The summed E-state index contributed by atoms with van der Waals surface area (Å²) >= 11 is 0. The van der Waals surface area contributed by atoms with Gasteiger partial charge in [-0.05, 0) is 57.0 Å². The van der Waals surface area contributed by atoms with Gasteiger partial charge in [0.2, 0.25) is 5.88 Å². The maximum absolute atomic E-state index is 11.6. The summed E-state index contributed by atoms with van der Waals surface area (Å²) in [5.74, 6) is 1.79. The molecule has 0 aliphatic heterocycles. The van der Waals surface area contributed by atoms with Gasteiger partial charge in [0.25, 0.3) is 0 Å². The number of aromatic amines is 1. The van der Waals surface area contributed by atoms with Crippen molar-refractivity contribution in [3.8, 4) is 28.6 Å². The van der Waals surface area contributed by atoms with Crippen LogP contribution in [0.2, 0.25) is 0 Å². The number of aromatic nitrogens is 3. The Kier molecular flexibility index (Phi) is 9.11. The highest BCUT2D eigenvalue weighted by Crippen LogP contribution is 2.33. The van der Waals surface area contributed by atoms with Crippen LogP contribution >= 0.6 is 0 Å². The van der Waals surface area contributed by atoms with Crippen LogP contribution < -0.4 is 9.47 Å². The Morgan fingerprint density at radius 3 is 2.42 bits per heavy atom. The van der Waals surface area contributed by atoms with Crippen molar-refractivity contribution in [1.82, 2.24) is 15.0 Å². The Morgan fingerprint density at radius 2 is 1.83 bits per heavy atom. The number of aliphatic hydroxyl groups is 1. The number of hydrogen-bond donors (Lipinski definition) is 2. The lowest BCUT2D eigenvalue weighted by molar-refractivity contribution is 0.129. The summed E-state index contributed by atoms with van der Waals surface area (Å²) in [7, 11) is -3.47. The summed E-state index contributed by atoms with van der Waals surface area (Å²) in [5.41, 5.74) is 2.43. The largest absolute Gasteiger partial charge is 0.489 e. The zero-order valence-electron chi connectivity index (χ0n) is 21.2. The number of rotatable bonds is 12. The number of benzene rings is 1. The standard InChI is InChI=1S/C26H33N3O6S/c1-6-19(7-2)34-24(8-3)23-10-9-22(29-23)18-11-20(33-17(4)16-30)13-21(12-18)35-25-14-28-26(15-27-25)36(5,31)32/h8-15,17,19,29-30H,6-7,16H2,1-5H3/b24-8+/t17-/m0/s1. The van der Waals surface area contributed by atoms with E-state index in [0.29, 0.717) is 11.5 Å². The average molecular weight is 516 g/mol. The van der Waals surface area contributed by atoms with Crippen LogP contribution in [0.15, 0.2) is 53.8 Å². The fourth-order valence-electron chi connectivity index (χ4n) is 3.42. The van der Waals surface area contributed by atoms with Gasteiger partial charge in [-0.3, -0.25) is 0 Å². The molecule has 0 spiro atoms. The fraction of sp³-hybridized carbons (Fsp3) is 0.385. The first-order valence-electron chi connectivity index (χ1n) is 11.8. The van der Waals surface area contributed by atoms with E-state index in [2.05, 4.69) is 28.8 Å². The van der Waals surface area contributed by atoms with Crippen molar-refractivity contribution >= 4 is 15.6 Å². The van der Waals surface area contributed by atoms with Crippen molar-refractivity contribution < 1.29 is 27.7 Å². The van der Waals surface area contributed by atoms with Crippen LogP contribution in [0.3, 0.4) is 0 Å². The van der Waals surface area contributed by atoms with Gasteiger partial charge in [0.1, 0.15) is 23.4 Å². The number of aliphatic hydroxyl groups excluding tert-OH is 1. The third-order valence-corrected chi connectivity index (χ3v) is 6.38. The van der Waals surface area contributed by atoms with Gasteiger partial charge < -0.3 is 24.3 Å². The molecule has 3 aromatic rings. The Hall–Kier alpha value is -3.37. The van der Waals surface area contributed by atoms with Crippen LogP contribution in [0.5, 0.6) is 17.4 Å². The number of allylic oxidation sites excluding steroid dienone is 1. The van der Waals surface area contributed by atoms with E-state index >= 15 is 0 Å². The van der Waals surface area contributed by atoms with Crippen LogP contribution in [0.25, 0.3) is 17.0 Å². The first-order valence-corrected chi connectivity index (χ1v) is 13.7. The Morgan fingerprint density at radius 1 is 1.11 bits per heavy atom. The van der Waals surface area contributed by atoms with Gasteiger partial charge in [-0.25, -0.2) is 18.4 Å². The Bertz CT molecular complexity index is 1280. The summed E-state index contributed by atoms with van der Waals surface area (Å²) in [6.07, 6.45) is 6.93. The normalized spacial score (nSPS) is 13.0. The highest BCUT2D eigenvalue weighted by atomic mass is 32.2. The SMILES string of the molecule is C/C=C(/OC(CC)CC)c1ccc(-c2cc(Oc3cnc(S(C)(=O)=O)cn3)cc(O[C@@H](C)CO)c2)[nH]1. The van der Waals surface area contributed by atoms with Gasteiger partial charge >= 0.3 is 0 Å². The number of nitrogens with zero attached hydrogens (tertiary/aromatic N) is 2. The second-order valence-electron chi connectivity index (χ2n) is 8.37. The number of ether oxygens (including phenoxy) is 3. The molecule has 194 valence electrons. The predicted octanol–water partition coefficient (Wildman–Crippen LogP) is 4.99. The topological polar surface area (TPSA) is 124 Å². The van der Waals surface area contributed by atoms with Crippen molar-refractivity contribution in [2.45, 2.75) is 57.8 Å². The predicted molar refractivity (Wildman–Crippen MR) is 138 cm³/mol. The number of hydrogen-bond acceptors (Lipinski definition) is 8. The third kappa shape index (κ3) is 7.08. The van der Waals surface area contributed by atoms with Crippen LogP contribution in [0, 0.1) is 0 Å². The maximum Gasteiger partial charge on any atom is 0.237 e. The Labute approximate surface area is 212 Å². The van der Waals surface area contributed by atoms with E-state index in [9.17, 15) is 13.5 Å². The minimum Gasteiger partial charge on any atom is -0.489 e. The lowest BCUT2D eigenvalue weighted by Crippen LogP contribution is -2.16. The molecule has 0 unspecified atom stereocenters. The quantitative estimate of drug-likeness (QED) is 0.323. The summed E-state index contributed by atoms with van der Waals surface area (Å²) in [6, 6.07) is 9.19. The summed E-state index contributed by atoms with van der Waals surface area (Å²) in [6.45, 7) is 7.74. The van der Waals surface area contributed by atoms with Crippen LogP contribution in [-0.4, -0.2) is 53.5 Å². The van der Waals surface area contributed by atoms with Crippen molar-refractivity contribution in [2.75, 3.05) is 12.9 Å². The molecule has 0 saturated carbocycles. The van der Waals surface area contributed by atoms with Gasteiger partial charge in [0.15, 0.2) is 14.9 Å². The molecule has 2 aromatic heterocycles. The number of H-pyrrole nitrogens is 1. The molecule has 1 atom stereocenters. The molecule has 0 radical (unpaired) electrons. The second-order valence-corrected chi connectivity index (χ2v) is 10.3. The van der Waals surface area contributed by atoms with E-state index in [1.54, 1.807) is 19.1 Å². The van der Waals surface area contributed by atoms with E-state index in [-0.39, 0.29) is 23.6 Å². The number of nitrogens with one attached hydrogen (secondary N) is 1. The van der Waals surface area contributed by atoms with E-state index in [4.69, 9.17) is 14.2 Å². The molecule has 0 saturated heterocycles. The minimum absolute atomic E-state index is 0.127. The first-order chi connectivity index (χ1) is 17.2. The number of sulfone groups is 1. The average Bonchev–Trinajstić information content (AvgIpc) is 3.34. The highest BCUT2D eigenvalue weighted by molar-refractivity contribution is 7.90. The van der Waals surface area contributed by atoms with Crippen molar-refractivity contribution in [2.24, 2.45) is 0 Å². The van der Waals surface area contributed by atoms with Crippen LogP contribution in [0.1, 0.15) is 46.2 Å². The fourth-order valence-corrected chi connectivity index (χ4v) is 3.91. The first kappa shape index (κ1) is 27.2. The van der Waals surface area contributed by atoms with Gasteiger partial charge in [-0.2, -0.15) is 0 Å². The molecule has 2 N–H and O–H groups in total. The lowest BCUT2D eigenvalue weighted by atomic mass is 10.1. The van der Waals surface area contributed by atoms with Crippen molar-refractivity contribution in [3.05, 3.63) is 54.5 Å². The van der Waals surface area contributed by atoms with Gasteiger partial charge in [-0.15, -0.1) is 0 Å². The molecule has 0 aliphatic carbocycles. The van der Waals surface area contributed by atoms with E-state index < -0.39 is 15.9 Å². The maximum atomic E-state index is 11.6. The lowest BCUT2D eigenvalue weighted by Gasteiger charge is -2.17. The monoisotopic (exact) mass is 515 g/mol. The third-order valence-electron chi connectivity index (χ3n) is 5.41. The molecule has 2 heterocycles. The Balaban J connectivity index is 1.93. The molecule has 0 bridgehead atoms. The minimum atomic E-state index is -3.47. The van der Waals surface area contributed by atoms with Crippen LogP contribution in [-0.2, 0) is 14.6 Å². The molecule has 9 nitrogen and oxygen atoms in total.